The van der Waals surface area contributed by atoms with Crippen LogP contribution in [0.1, 0.15) is 24.8 Å². The van der Waals surface area contributed by atoms with E-state index in [0.29, 0.717) is 5.92 Å². The molecule has 0 fully saturated rings. The zero-order valence-corrected chi connectivity index (χ0v) is 8.33. The van der Waals surface area contributed by atoms with E-state index >= 15 is 0 Å². The van der Waals surface area contributed by atoms with Gasteiger partial charge in [-0.1, -0.05) is 25.1 Å². The van der Waals surface area contributed by atoms with Gasteiger partial charge < -0.3 is 10.1 Å². The van der Waals surface area contributed by atoms with Crippen molar-refractivity contribution >= 4 is 10.9 Å². The lowest BCUT2D eigenvalue weighted by Crippen LogP contribution is -1.95. The van der Waals surface area contributed by atoms with E-state index in [0.717, 1.165) is 6.42 Å². The zero-order chi connectivity index (χ0) is 9.97. The van der Waals surface area contributed by atoms with Crippen molar-refractivity contribution in [2.45, 2.75) is 19.3 Å². The lowest BCUT2D eigenvalue weighted by atomic mass is 9.98. The van der Waals surface area contributed by atoms with Gasteiger partial charge in [-0.15, -0.1) is 0 Å². The van der Waals surface area contributed by atoms with Crippen molar-refractivity contribution < 1.29 is 5.11 Å². The van der Waals surface area contributed by atoms with E-state index in [2.05, 4.69) is 24.0 Å². The SMILES string of the molecule is C[C@H](CCO)c1c[nH]c2ccccc12. The molecule has 0 aliphatic rings. The van der Waals surface area contributed by atoms with Crippen molar-refractivity contribution in [3.05, 3.63) is 36.0 Å². The third-order valence-electron chi connectivity index (χ3n) is 2.71. The second-order valence-corrected chi connectivity index (χ2v) is 3.70. The minimum atomic E-state index is 0.251. The number of aromatic amines is 1. The Hall–Kier alpha value is -1.28. The van der Waals surface area contributed by atoms with E-state index in [1.807, 2.05) is 18.3 Å². The maximum absolute atomic E-state index is 8.90. The fourth-order valence-electron chi connectivity index (χ4n) is 1.85. The molecule has 1 atom stereocenters. The van der Waals surface area contributed by atoms with Crippen LogP contribution in [0.3, 0.4) is 0 Å². The Balaban J connectivity index is 2.42. The average molecular weight is 189 g/mol. The molecule has 1 aromatic carbocycles. The quantitative estimate of drug-likeness (QED) is 0.765. The summed E-state index contributed by atoms with van der Waals surface area (Å²) >= 11 is 0. The number of aliphatic hydroxyl groups is 1. The van der Waals surface area contributed by atoms with Gasteiger partial charge in [0.2, 0.25) is 0 Å². The summed E-state index contributed by atoms with van der Waals surface area (Å²) in [6, 6.07) is 8.27. The van der Waals surface area contributed by atoms with Gasteiger partial charge in [0.1, 0.15) is 0 Å². The second kappa shape index (κ2) is 3.84. The van der Waals surface area contributed by atoms with E-state index in [1.54, 1.807) is 0 Å². The van der Waals surface area contributed by atoms with Gasteiger partial charge in [-0.05, 0) is 24.0 Å². The number of para-hydroxylation sites is 1. The average Bonchev–Trinajstić information content (AvgIpc) is 2.61. The highest BCUT2D eigenvalue weighted by atomic mass is 16.3. The standard InChI is InChI=1S/C12H15NO/c1-9(6-7-14)11-8-13-12-5-3-2-4-10(11)12/h2-5,8-9,13-14H,6-7H2,1H3/t9-/m1/s1. The Morgan fingerprint density at radius 2 is 2.14 bits per heavy atom. The van der Waals surface area contributed by atoms with E-state index < -0.39 is 0 Å². The van der Waals surface area contributed by atoms with Crippen molar-refractivity contribution in [1.82, 2.24) is 4.98 Å². The van der Waals surface area contributed by atoms with Crippen molar-refractivity contribution in [3.8, 4) is 0 Å². The molecular weight excluding hydrogens is 174 g/mol. The Morgan fingerprint density at radius 3 is 2.93 bits per heavy atom. The molecule has 0 spiro atoms. The summed E-state index contributed by atoms with van der Waals surface area (Å²) in [4.78, 5) is 3.25. The Bertz CT molecular complexity index is 419. The number of aromatic nitrogens is 1. The van der Waals surface area contributed by atoms with Gasteiger partial charge in [-0.25, -0.2) is 0 Å². The molecule has 0 aliphatic heterocycles. The number of hydrogen-bond donors (Lipinski definition) is 2. The molecular formula is C12H15NO. The van der Waals surface area contributed by atoms with Gasteiger partial charge in [0.15, 0.2) is 0 Å². The van der Waals surface area contributed by atoms with Crippen molar-refractivity contribution in [1.29, 1.82) is 0 Å². The van der Waals surface area contributed by atoms with Crippen LogP contribution in [-0.2, 0) is 0 Å². The van der Waals surface area contributed by atoms with Crippen LogP contribution >= 0.6 is 0 Å². The van der Waals surface area contributed by atoms with Crippen molar-refractivity contribution in [2.75, 3.05) is 6.61 Å². The molecule has 74 valence electrons. The Morgan fingerprint density at radius 1 is 1.36 bits per heavy atom. The largest absolute Gasteiger partial charge is 0.396 e. The molecule has 0 saturated carbocycles. The lowest BCUT2D eigenvalue weighted by molar-refractivity contribution is 0.279. The van der Waals surface area contributed by atoms with Crippen LogP contribution in [0.15, 0.2) is 30.5 Å². The normalized spacial score (nSPS) is 13.3. The van der Waals surface area contributed by atoms with E-state index in [4.69, 9.17) is 5.11 Å². The summed E-state index contributed by atoms with van der Waals surface area (Å²) in [6.07, 6.45) is 2.87. The van der Waals surface area contributed by atoms with Crippen molar-refractivity contribution in [3.63, 3.8) is 0 Å². The zero-order valence-electron chi connectivity index (χ0n) is 8.33. The molecule has 2 rings (SSSR count). The van der Waals surface area contributed by atoms with Gasteiger partial charge in [-0.3, -0.25) is 0 Å². The topological polar surface area (TPSA) is 36.0 Å². The number of rotatable bonds is 3. The first kappa shape index (κ1) is 9.28. The van der Waals surface area contributed by atoms with Crippen LogP contribution in [0.25, 0.3) is 10.9 Å². The lowest BCUT2D eigenvalue weighted by Gasteiger charge is -2.07. The molecule has 2 aromatic rings. The Labute approximate surface area is 83.6 Å². The van der Waals surface area contributed by atoms with Crippen LogP contribution in [0.5, 0.6) is 0 Å². The second-order valence-electron chi connectivity index (χ2n) is 3.70. The van der Waals surface area contributed by atoms with Crippen LogP contribution in [0.4, 0.5) is 0 Å². The number of hydrogen-bond acceptors (Lipinski definition) is 1. The maximum atomic E-state index is 8.90. The Kier molecular flexibility index (Phi) is 2.55. The number of aliphatic hydroxyl groups excluding tert-OH is 1. The number of fused-ring (bicyclic) bond motifs is 1. The third kappa shape index (κ3) is 1.53. The number of benzene rings is 1. The smallest absolute Gasteiger partial charge is 0.0456 e. The summed E-state index contributed by atoms with van der Waals surface area (Å²) in [7, 11) is 0. The first-order valence-corrected chi connectivity index (χ1v) is 5.00. The molecule has 2 N–H and O–H groups in total. The maximum Gasteiger partial charge on any atom is 0.0456 e. The molecule has 0 radical (unpaired) electrons. The van der Waals surface area contributed by atoms with Gasteiger partial charge >= 0.3 is 0 Å². The molecule has 0 aliphatic carbocycles. The fraction of sp³-hybridized carbons (Fsp3) is 0.333. The van der Waals surface area contributed by atoms with E-state index in [9.17, 15) is 0 Å². The minimum absolute atomic E-state index is 0.251. The highest BCUT2D eigenvalue weighted by molar-refractivity contribution is 5.83. The molecule has 1 heterocycles. The molecule has 14 heavy (non-hydrogen) atoms. The molecule has 2 nitrogen and oxygen atoms in total. The van der Waals surface area contributed by atoms with Crippen LogP contribution in [0, 0.1) is 0 Å². The highest BCUT2D eigenvalue weighted by Crippen LogP contribution is 2.26. The molecule has 1 aromatic heterocycles. The first-order valence-electron chi connectivity index (χ1n) is 5.00. The van der Waals surface area contributed by atoms with E-state index in [1.165, 1.54) is 16.5 Å². The summed E-state index contributed by atoms with van der Waals surface area (Å²) in [5.74, 6) is 0.413. The summed E-state index contributed by atoms with van der Waals surface area (Å²) in [6.45, 7) is 2.40. The molecule has 0 amide bonds. The monoisotopic (exact) mass is 189 g/mol. The molecule has 0 saturated heterocycles. The van der Waals surface area contributed by atoms with E-state index in [-0.39, 0.29) is 6.61 Å². The summed E-state index contributed by atoms with van der Waals surface area (Å²) in [5, 5.41) is 10.2. The number of H-pyrrole nitrogens is 1. The van der Waals surface area contributed by atoms with Gasteiger partial charge in [0, 0.05) is 23.7 Å². The first-order chi connectivity index (χ1) is 6.83. The minimum Gasteiger partial charge on any atom is -0.396 e. The van der Waals surface area contributed by atoms with Crippen LogP contribution in [0.2, 0.25) is 0 Å². The third-order valence-corrected chi connectivity index (χ3v) is 2.71. The fourth-order valence-corrected chi connectivity index (χ4v) is 1.85. The van der Waals surface area contributed by atoms with Crippen LogP contribution < -0.4 is 0 Å². The van der Waals surface area contributed by atoms with Gasteiger partial charge in [-0.2, -0.15) is 0 Å². The van der Waals surface area contributed by atoms with Crippen molar-refractivity contribution in [2.24, 2.45) is 0 Å². The highest BCUT2D eigenvalue weighted by Gasteiger charge is 2.09. The van der Waals surface area contributed by atoms with Gasteiger partial charge in [0.25, 0.3) is 0 Å². The summed E-state index contributed by atoms with van der Waals surface area (Å²) < 4.78 is 0. The van der Waals surface area contributed by atoms with Crippen LogP contribution in [-0.4, -0.2) is 16.7 Å². The predicted octanol–water partition coefficient (Wildman–Crippen LogP) is 2.65. The predicted molar refractivity (Wildman–Crippen MR) is 58.4 cm³/mol. The summed E-state index contributed by atoms with van der Waals surface area (Å²) in [5.41, 5.74) is 2.47. The molecule has 0 bridgehead atoms. The van der Waals surface area contributed by atoms with Gasteiger partial charge in [0.05, 0.1) is 0 Å². The number of nitrogens with one attached hydrogen (secondary N) is 1. The molecule has 2 heteroatoms. The molecule has 0 unspecified atom stereocenters.